The number of nitrogens with two attached hydrogens (primary N) is 1. The zero-order chi connectivity index (χ0) is 9.90. The fourth-order valence-corrected chi connectivity index (χ4v) is 0.646. The maximum atomic E-state index is 12.6. The van der Waals surface area contributed by atoms with Crippen molar-refractivity contribution in [2.75, 3.05) is 18.4 Å². The molecule has 7 heteroatoms. The van der Waals surface area contributed by atoms with Crippen LogP contribution in [0.1, 0.15) is 5.82 Å². The van der Waals surface area contributed by atoms with Crippen LogP contribution in [0, 0.1) is 6.92 Å². The van der Waals surface area contributed by atoms with Crippen LogP contribution in [0.3, 0.4) is 0 Å². The fraction of sp³-hybridized carbons (Fsp3) is 0.667. The van der Waals surface area contributed by atoms with Crippen LogP contribution in [-0.4, -0.2) is 29.2 Å². The predicted octanol–water partition coefficient (Wildman–Crippen LogP) is 0.384. The van der Waals surface area contributed by atoms with Gasteiger partial charge < -0.3 is 15.6 Å². The molecule has 1 aromatic rings. The molecule has 0 bridgehead atoms. The standard InChI is InChI=1S/C6H10F2N4O/c1-4-11-5(13-12-4)10-3-6(7,8)2-9/h2-3,9H2,1H3,(H,10,11,12). The Bertz CT molecular complexity index is 275. The largest absolute Gasteiger partial charge is 0.332 e. The van der Waals surface area contributed by atoms with Gasteiger partial charge in [-0.05, 0) is 6.92 Å². The van der Waals surface area contributed by atoms with E-state index in [0.29, 0.717) is 5.82 Å². The smallest absolute Gasteiger partial charge is 0.321 e. The Morgan fingerprint density at radius 1 is 1.62 bits per heavy atom. The second-order valence-electron chi connectivity index (χ2n) is 2.56. The zero-order valence-electron chi connectivity index (χ0n) is 7.05. The van der Waals surface area contributed by atoms with Gasteiger partial charge in [-0.15, -0.1) is 0 Å². The lowest BCUT2D eigenvalue weighted by Crippen LogP contribution is -2.35. The van der Waals surface area contributed by atoms with Crippen LogP contribution in [-0.2, 0) is 0 Å². The third-order valence-electron chi connectivity index (χ3n) is 1.32. The molecule has 13 heavy (non-hydrogen) atoms. The summed E-state index contributed by atoms with van der Waals surface area (Å²) in [6.45, 7) is 0.272. The summed E-state index contributed by atoms with van der Waals surface area (Å²) in [6.07, 6.45) is 0. The molecule has 3 N–H and O–H groups in total. The predicted molar refractivity (Wildman–Crippen MR) is 41.5 cm³/mol. The molecule has 0 saturated heterocycles. The first-order valence-electron chi connectivity index (χ1n) is 3.65. The van der Waals surface area contributed by atoms with Gasteiger partial charge in [-0.1, -0.05) is 5.16 Å². The summed E-state index contributed by atoms with van der Waals surface area (Å²) in [6, 6.07) is -0.0226. The van der Waals surface area contributed by atoms with Gasteiger partial charge in [-0.3, -0.25) is 0 Å². The summed E-state index contributed by atoms with van der Waals surface area (Å²) in [5.74, 6) is -2.57. The normalized spacial score (nSPS) is 11.7. The quantitative estimate of drug-likeness (QED) is 0.721. The first kappa shape index (κ1) is 9.85. The molecular formula is C6H10F2N4O. The maximum Gasteiger partial charge on any atom is 0.321 e. The zero-order valence-corrected chi connectivity index (χ0v) is 7.05. The van der Waals surface area contributed by atoms with Crippen molar-refractivity contribution in [2.45, 2.75) is 12.8 Å². The number of aryl methyl sites for hydroxylation is 1. The van der Waals surface area contributed by atoms with E-state index < -0.39 is 19.0 Å². The number of hydrogen-bond donors (Lipinski definition) is 2. The van der Waals surface area contributed by atoms with Crippen LogP contribution < -0.4 is 11.1 Å². The SMILES string of the molecule is Cc1noc(NCC(F)(F)CN)n1. The molecule has 0 radical (unpaired) electrons. The van der Waals surface area contributed by atoms with E-state index in [-0.39, 0.29) is 6.01 Å². The maximum absolute atomic E-state index is 12.6. The second-order valence-corrected chi connectivity index (χ2v) is 2.56. The Kier molecular flexibility index (Phi) is 2.76. The van der Waals surface area contributed by atoms with Crippen molar-refractivity contribution in [2.24, 2.45) is 5.73 Å². The topological polar surface area (TPSA) is 77.0 Å². The summed E-state index contributed by atoms with van der Waals surface area (Å²) in [5, 5.41) is 5.70. The number of alkyl halides is 2. The van der Waals surface area contributed by atoms with Gasteiger partial charge in [0, 0.05) is 0 Å². The average molecular weight is 192 g/mol. The highest BCUT2D eigenvalue weighted by atomic mass is 19.3. The van der Waals surface area contributed by atoms with Crippen LogP contribution in [0.5, 0.6) is 0 Å². The Morgan fingerprint density at radius 3 is 2.77 bits per heavy atom. The minimum atomic E-state index is -2.96. The van der Waals surface area contributed by atoms with Gasteiger partial charge in [-0.25, -0.2) is 8.78 Å². The third-order valence-corrected chi connectivity index (χ3v) is 1.32. The Hall–Kier alpha value is -1.24. The number of aromatic nitrogens is 2. The van der Waals surface area contributed by atoms with E-state index >= 15 is 0 Å². The van der Waals surface area contributed by atoms with Crippen LogP contribution in [0.4, 0.5) is 14.8 Å². The molecule has 0 aliphatic heterocycles. The molecule has 0 fully saturated rings. The number of hydrogen-bond acceptors (Lipinski definition) is 5. The highest BCUT2D eigenvalue weighted by Gasteiger charge is 2.26. The highest BCUT2D eigenvalue weighted by molar-refractivity contribution is 5.18. The molecule has 0 aliphatic rings. The molecule has 0 aliphatic carbocycles. The first-order valence-corrected chi connectivity index (χ1v) is 3.65. The van der Waals surface area contributed by atoms with E-state index in [2.05, 4.69) is 20.0 Å². The molecule has 0 spiro atoms. The number of nitrogens with zero attached hydrogens (tertiary/aromatic N) is 2. The summed E-state index contributed by atoms with van der Waals surface area (Å²) in [5.41, 5.74) is 4.82. The van der Waals surface area contributed by atoms with Gasteiger partial charge >= 0.3 is 6.01 Å². The highest BCUT2D eigenvalue weighted by Crippen LogP contribution is 2.12. The van der Waals surface area contributed by atoms with Crippen molar-refractivity contribution in [3.8, 4) is 0 Å². The second kappa shape index (κ2) is 3.65. The third kappa shape index (κ3) is 2.94. The molecule has 74 valence electrons. The number of rotatable bonds is 4. The molecule has 1 aromatic heterocycles. The van der Waals surface area contributed by atoms with Crippen molar-refractivity contribution in [1.29, 1.82) is 0 Å². The summed E-state index contributed by atoms with van der Waals surface area (Å²) < 4.78 is 29.7. The number of nitrogens with one attached hydrogen (secondary N) is 1. The molecule has 0 atom stereocenters. The minimum absolute atomic E-state index is 0.0226. The van der Waals surface area contributed by atoms with Crippen molar-refractivity contribution in [3.63, 3.8) is 0 Å². The van der Waals surface area contributed by atoms with E-state index in [4.69, 9.17) is 5.73 Å². The molecular weight excluding hydrogens is 182 g/mol. The van der Waals surface area contributed by atoms with Crippen molar-refractivity contribution >= 4 is 6.01 Å². The molecule has 0 aromatic carbocycles. The summed E-state index contributed by atoms with van der Waals surface area (Å²) in [4.78, 5) is 3.69. The van der Waals surface area contributed by atoms with Crippen molar-refractivity contribution in [3.05, 3.63) is 5.82 Å². The van der Waals surface area contributed by atoms with Crippen LogP contribution in [0.2, 0.25) is 0 Å². The van der Waals surface area contributed by atoms with E-state index in [1.54, 1.807) is 6.92 Å². The van der Waals surface area contributed by atoms with Gasteiger partial charge in [0.05, 0.1) is 13.1 Å². The van der Waals surface area contributed by atoms with Gasteiger partial charge in [0.2, 0.25) is 0 Å². The molecule has 0 amide bonds. The summed E-state index contributed by atoms with van der Waals surface area (Å²) >= 11 is 0. The molecule has 1 heterocycles. The monoisotopic (exact) mass is 192 g/mol. The fourth-order valence-electron chi connectivity index (χ4n) is 0.646. The van der Waals surface area contributed by atoms with Crippen LogP contribution >= 0.6 is 0 Å². The molecule has 1 rings (SSSR count). The van der Waals surface area contributed by atoms with E-state index in [1.807, 2.05) is 0 Å². The Balaban J connectivity index is 2.43. The van der Waals surface area contributed by atoms with Crippen molar-refractivity contribution < 1.29 is 13.3 Å². The van der Waals surface area contributed by atoms with Crippen molar-refractivity contribution in [1.82, 2.24) is 10.1 Å². The minimum Gasteiger partial charge on any atom is -0.332 e. The first-order chi connectivity index (χ1) is 6.03. The van der Waals surface area contributed by atoms with Crippen LogP contribution in [0.25, 0.3) is 0 Å². The average Bonchev–Trinajstić information content (AvgIpc) is 2.48. The van der Waals surface area contributed by atoms with Gasteiger partial charge in [-0.2, -0.15) is 4.98 Å². The van der Waals surface area contributed by atoms with Gasteiger partial charge in [0.15, 0.2) is 5.82 Å². The Morgan fingerprint density at radius 2 is 2.31 bits per heavy atom. The van der Waals surface area contributed by atoms with E-state index in [1.165, 1.54) is 0 Å². The molecule has 0 saturated carbocycles. The molecule has 0 unspecified atom stereocenters. The van der Waals surface area contributed by atoms with E-state index in [0.717, 1.165) is 0 Å². The van der Waals surface area contributed by atoms with Gasteiger partial charge in [0.1, 0.15) is 0 Å². The lowest BCUT2D eigenvalue weighted by atomic mass is 10.3. The summed E-state index contributed by atoms with van der Waals surface area (Å²) in [7, 11) is 0. The molecule has 5 nitrogen and oxygen atoms in total. The van der Waals surface area contributed by atoms with Gasteiger partial charge in [0.25, 0.3) is 5.92 Å². The number of halogens is 2. The van der Waals surface area contributed by atoms with E-state index in [9.17, 15) is 8.78 Å². The Labute approximate surface area is 73.3 Å². The lowest BCUT2D eigenvalue weighted by Gasteiger charge is -2.12. The lowest BCUT2D eigenvalue weighted by molar-refractivity contribution is 0.0247. The number of anilines is 1. The van der Waals surface area contributed by atoms with Crippen LogP contribution in [0.15, 0.2) is 4.52 Å².